The van der Waals surface area contributed by atoms with Crippen molar-refractivity contribution in [1.29, 1.82) is 0 Å². The number of phenolic OH excluding ortho intramolecular Hbond substituents is 3. The Hall–Kier alpha value is -3.55. The predicted octanol–water partition coefficient (Wildman–Crippen LogP) is -0.236. The zero-order chi connectivity index (χ0) is 24.7. The zero-order valence-electron chi connectivity index (χ0n) is 17.7. The molecule has 1 fully saturated rings. The van der Waals surface area contributed by atoms with Crippen LogP contribution >= 0.6 is 0 Å². The van der Waals surface area contributed by atoms with E-state index < -0.39 is 54.2 Å². The summed E-state index contributed by atoms with van der Waals surface area (Å²) >= 11 is 0. The molecular formula is C22H22O12. The van der Waals surface area contributed by atoms with Crippen molar-refractivity contribution < 1.29 is 54.4 Å². The summed E-state index contributed by atoms with van der Waals surface area (Å²) in [6, 6.07) is 5.96. The first-order chi connectivity index (χ1) is 16.2. The Morgan fingerprint density at radius 3 is 2.38 bits per heavy atom. The van der Waals surface area contributed by atoms with Gasteiger partial charge in [0.1, 0.15) is 46.9 Å². The van der Waals surface area contributed by atoms with E-state index in [-0.39, 0.29) is 39.5 Å². The summed E-state index contributed by atoms with van der Waals surface area (Å²) in [7, 11) is 1.30. The normalized spacial score (nSPS) is 24.8. The second-order valence-electron chi connectivity index (χ2n) is 7.63. The predicted molar refractivity (Wildman–Crippen MR) is 114 cm³/mol. The number of ether oxygens (including phenoxy) is 3. The quantitative estimate of drug-likeness (QED) is 0.254. The molecule has 0 bridgehead atoms. The van der Waals surface area contributed by atoms with Gasteiger partial charge in [-0.25, -0.2) is 0 Å². The fourth-order valence-corrected chi connectivity index (χ4v) is 3.67. The van der Waals surface area contributed by atoms with Gasteiger partial charge >= 0.3 is 0 Å². The molecular weight excluding hydrogens is 456 g/mol. The molecule has 182 valence electrons. The Morgan fingerprint density at radius 1 is 0.971 bits per heavy atom. The number of hydrogen-bond donors (Lipinski definition) is 7. The van der Waals surface area contributed by atoms with Gasteiger partial charge in [-0.1, -0.05) is 0 Å². The fourth-order valence-electron chi connectivity index (χ4n) is 3.67. The third-order valence-corrected chi connectivity index (χ3v) is 5.44. The van der Waals surface area contributed by atoms with Crippen molar-refractivity contribution in [3.8, 4) is 40.1 Å². The molecule has 7 N–H and O–H groups in total. The number of hydrogen-bond acceptors (Lipinski definition) is 12. The highest BCUT2D eigenvalue weighted by Crippen LogP contribution is 2.39. The topological polar surface area (TPSA) is 200 Å². The van der Waals surface area contributed by atoms with Crippen LogP contribution in [0.1, 0.15) is 0 Å². The number of phenols is 3. The summed E-state index contributed by atoms with van der Waals surface area (Å²) in [5.74, 6) is -2.00. The largest absolute Gasteiger partial charge is 0.508 e. The average molecular weight is 478 g/mol. The highest BCUT2D eigenvalue weighted by Gasteiger charge is 2.45. The summed E-state index contributed by atoms with van der Waals surface area (Å²) in [4.78, 5) is 13.3. The second kappa shape index (κ2) is 9.00. The maximum atomic E-state index is 13.3. The minimum atomic E-state index is -1.83. The minimum absolute atomic E-state index is 0.0257. The first-order valence-electron chi connectivity index (χ1n) is 10.0. The highest BCUT2D eigenvalue weighted by atomic mass is 16.7. The molecule has 1 aliphatic rings. The molecule has 34 heavy (non-hydrogen) atoms. The van der Waals surface area contributed by atoms with Crippen LogP contribution in [0.25, 0.3) is 22.3 Å². The maximum absolute atomic E-state index is 13.3. The van der Waals surface area contributed by atoms with Crippen molar-refractivity contribution in [3.05, 3.63) is 40.6 Å². The van der Waals surface area contributed by atoms with E-state index in [4.69, 9.17) is 18.6 Å². The SMILES string of the molecule is COc1cc(-c2oc3cc(O)cc(O)c3c(=O)c2O[C@H]2O[C@@H](CO)[C@@H](O)[C@@H](O)[C@@H]2O)ccc1O. The van der Waals surface area contributed by atoms with Crippen LogP contribution in [0.5, 0.6) is 28.7 Å². The van der Waals surface area contributed by atoms with Crippen LogP contribution in [0.3, 0.4) is 0 Å². The van der Waals surface area contributed by atoms with Gasteiger partial charge in [0.15, 0.2) is 17.3 Å². The van der Waals surface area contributed by atoms with E-state index in [0.717, 1.165) is 12.1 Å². The molecule has 0 amide bonds. The molecule has 0 radical (unpaired) electrons. The molecule has 0 aliphatic carbocycles. The summed E-state index contributed by atoms with van der Waals surface area (Å²) in [5, 5.41) is 69.4. The lowest BCUT2D eigenvalue weighted by atomic mass is 9.99. The van der Waals surface area contributed by atoms with Crippen LogP contribution < -0.4 is 14.9 Å². The Labute approximate surface area is 191 Å². The van der Waals surface area contributed by atoms with Gasteiger partial charge in [-0.05, 0) is 18.2 Å². The molecule has 3 aromatic rings. The van der Waals surface area contributed by atoms with Crippen LogP contribution in [-0.4, -0.2) is 80.2 Å². The van der Waals surface area contributed by atoms with E-state index >= 15 is 0 Å². The van der Waals surface area contributed by atoms with E-state index in [2.05, 4.69) is 0 Å². The summed E-state index contributed by atoms with van der Waals surface area (Å²) in [6.07, 6.45) is -8.29. The fraction of sp³-hybridized carbons (Fsp3) is 0.318. The summed E-state index contributed by atoms with van der Waals surface area (Å²) < 4.78 is 21.8. The number of benzene rings is 2. The third-order valence-electron chi connectivity index (χ3n) is 5.44. The molecule has 0 unspecified atom stereocenters. The number of methoxy groups -OCH3 is 1. The zero-order valence-corrected chi connectivity index (χ0v) is 17.7. The van der Waals surface area contributed by atoms with Crippen LogP contribution in [0.2, 0.25) is 0 Å². The molecule has 0 spiro atoms. The van der Waals surface area contributed by atoms with Gasteiger partial charge in [-0.15, -0.1) is 0 Å². The highest BCUT2D eigenvalue weighted by molar-refractivity contribution is 5.88. The Balaban J connectivity index is 1.92. The van der Waals surface area contributed by atoms with Gasteiger partial charge in [0.05, 0.1) is 13.7 Å². The molecule has 1 aromatic heterocycles. The Morgan fingerprint density at radius 2 is 1.71 bits per heavy atom. The summed E-state index contributed by atoms with van der Waals surface area (Å²) in [5.41, 5.74) is -0.959. The van der Waals surface area contributed by atoms with Gasteiger partial charge in [0.2, 0.25) is 17.5 Å². The van der Waals surface area contributed by atoms with Crippen molar-refractivity contribution in [3.63, 3.8) is 0 Å². The van der Waals surface area contributed by atoms with Crippen LogP contribution in [0, 0.1) is 0 Å². The average Bonchev–Trinajstić information content (AvgIpc) is 2.80. The lowest BCUT2D eigenvalue weighted by Gasteiger charge is -2.39. The number of rotatable bonds is 5. The van der Waals surface area contributed by atoms with Crippen molar-refractivity contribution in [1.82, 2.24) is 0 Å². The third kappa shape index (κ3) is 3.97. The van der Waals surface area contributed by atoms with Crippen LogP contribution in [0.15, 0.2) is 39.5 Å². The Kier molecular flexibility index (Phi) is 6.25. The smallest absolute Gasteiger partial charge is 0.239 e. The Bertz CT molecular complexity index is 1270. The number of aliphatic hydroxyl groups is 4. The molecule has 0 saturated carbocycles. The maximum Gasteiger partial charge on any atom is 0.239 e. The standard InChI is InChI=1S/C22H22O12/c1-31-12-4-8(2-3-10(12)25)20-21(17(28)15-11(26)5-9(24)6-13(15)32-20)34-22-19(30)18(29)16(27)14(7-23)33-22/h2-6,14,16,18-19,22-27,29-30H,7H2,1H3/t14-,16+,18+,19-,22+/m0/s1. The molecule has 12 nitrogen and oxygen atoms in total. The molecule has 5 atom stereocenters. The van der Waals surface area contributed by atoms with Gasteiger partial charge in [0.25, 0.3) is 0 Å². The van der Waals surface area contributed by atoms with Gasteiger partial charge in [-0.2, -0.15) is 0 Å². The lowest BCUT2D eigenvalue weighted by molar-refractivity contribution is -0.277. The molecule has 4 rings (SSSR count). The number of aliphatic hydroxyl groups excluding tert-OH is 4. The van der Waals surface area contributed by atoms with Crippen LogP contribution in [-0.2, 0) is 4.74 Å². The van der Waals surface area contributed by atoms with Crippen LogP contribution in [0.4, 0.5) is 0 Å². The first kappa shape index (κ1) is 23.6. The van der Waals surface area contributed by atoms with E-state index in [1.54, 1.807) is 0 Å². The summed E-state index contributed by atoms with van der Waals surface area (Å²) in [6.45, 7) is -0.723. The van der Waals surface area contributed by atoms with Crippen molar-refractivity contribution in [2.75, 3.05) is 13.7 Å². The van der Waals surface area contributed by atoms with Crippen molar-refractivity contribution in [2.45, 2.75) is 30.7 Å². The lowest BCUT2D eigenvalue weighted by Crippen LogP contribution is -2.60. The van der Waals surface area contributed by atoms with E-state index in [1.165, 1.54) is 25.3 Å². The van der Waals surface area contributed by atoms with Gasteiger partial charge in [-0.3, -0.25) is 4.79 Å². The molecule has 1 saturated heterocycles. The van der Waals surface area contributed by atoms with E-state index in [0.29, 0.717) is 0 Å². The van der Waals surface area contributed by atoms with E-state index in [1.807, 2.05) is 0 Å². The second-order valence-corrected chi connectivity index (χ2v) is 7.63. The van der Waals surface area contributed by atoms with Gasteiger partial charge in [0, 0.05) is 17.7 Å². The number of fused-ring (bicyclic) bond motifs is 1. The van der Waals surface area contributed by atoms with Crippen molar-refractivity contribution >= 4 is 11.0 Å². The van der Waals surface area contributed by atoms with Crippen molar-refractivity contribution in [2.24, 2.45) is 0 Å². The molecule has 2 heterocycles. The molecule has 2 aromatic carbocycles. The molecule has 1 aliphatic heterocycles. The minimum Gasteiger partial charge on any atom is -0.508 e. The monoisotopic (exact) mass is 478 g/mol. The van der Waals surface area contributed by atoms with Gasteiger partial charge < -0.3 is 54.4 Å². The number of aromatic hydroxyl groups is 3. The van der Waals surface area contributed by atoms with E-state index in [9.17, 15) is 40.5 Å². The first-order valence-corrected chi connectivity index (χ1v) is 10.0. The molecule has 12 heteroatoms.